The number of allylic oxidation sites excluding steroid dienone is 1. The van der Waals surface area contributed by atoms with E-state index in [0.717, 1.165) is 25.9 Å². The first-order valence-electron chi connectivity index (χ1n) is 10.8. The number of nitrogens with zero attached hydrogens (tertiary/aromatic N) is 3. The van der Waals surface area contributed by atoms with Crippen molar-refractivity contribution in [1.82, 2.24) is 20.1 Å². The quantitative estimate of drug-likeness (QED) is 0.203. The van der Waals surface area contributed by atoms with Gasteiger partial charge in [0, 0.05) is 21.4 Å². The molecule has 178 valence electrons. The van der Waals surface area contributed by atoms with E-state index in [1.54, 1.807) is 18.2 Å². The van der Waals surface area contributed by atoms with Crippen LogP contribution in [0.15, 0.2) is 54.2 Å². The van der Waals surface area contributed by atoms with E-state index in [0.29, 0.717) is 23.1 Å². The average molecular weight is 590 g/mol. The van der Waals surface area contributed by atoms with Crippen LogP contribution in [0, 0.1) is 24.3 Å². The van der Waals surface area contributed by atoms with E-state index < -0.39 is 0 Å². The van der Waals surface area contributed by atoms with Crippen LogP contribution in [0.3, 0.4) is 0 Å². The molecule has 2 N–H and O–H groups in total. The third kappa shape index (κ3) is 6.47. The van der Waals surface area contributed by atoms with Crippen molar-refractivity contribution in [3.05, 3.63) is 80.7 Å². The maximum atomic E-state index is 12.6. The summed E-state index contributed by atoms with van der Waals surface area (Å²) in [5.41, 5.74) is 4.57. The van der Waals surface area contributed by atoms with Crippen LogP contribution in [0.1, 0.15) is 45.8 Å². The third-order valence-electron chi connectivity index (χ3n) is 5.20. The molecule has 0 radical (unpaired) electrons. The number of nitrogens with one attached hydrogen (secondary N) is 2. The molecule has 0 bridgehead atoms. The Morgan fingerprint density at radius 1 is 1.15 bits per heavy atom. The fourth-order valence-electron chi connectivity index (χ4n) is 3.49. The van der Waals surface area contributed by atoms with Gasteiger partial charge in [-0.05, 0) is 85.7 Å². The Kier molecular flexibility index (Phi) is 8.90. The summed E-state index contributed by atoms with van der Waals surface area (Å²) in [5, 5.41) is 15.1. The lowest BCUT2D eigenvalue weighted by Crippen LogP contribution is -2.28. The van der Waals surface area contributed by atoms with E-state index in [9.17, 15) is 9.59 Å². The van der Waals surface area contributed by atoms with Gasteiger partial charge in [-0.1, -0.05) is 35.5 Å². The minimum Gasteiger partial charge on any atom is -0.342 e. The van der Waals surface area contributed by atoms with Crippen molar-refractivity contribution in [2.75, 3.05) is 11.1 Å². The van der Waals surface area contributed by atoms with Crippen LogP contribution < -0.4 is 10.6 Å². The Morgan fingerprint density at radius 2 is 1.79 bits per heavy atom. The fraction of sp³-hybridized carbons (Fsp3) is 0.280. The molecule has 7 nitrogen and oxygen atoms in total. The Labute approximate surface area is 218 Å². The molecule has 2 aromatic carbocycles. The highest BCUT2D eigenvalue weighted by Gasteiger charge is 2.20. The molecule has 34 heavy (non-hydrogen) atoms. The van der Waals surface area contributed by atoms with Gasteiger partial charge in [-0.15, -0.1) is 16.8 Å². The number of carbonyl (C=O) groups excluding carboxylic acids is 2. The van der Waals surface area contributed by atoms with Gasteiger partial charge < -0.3 is 15.2 Å². The first-order valence-corrected chi connectivity index (χ1v) is 12.9. The van der Waals surface area contributed by atoms with Crippen molar-refractivity contribution in [1.29, 1.82) is 0 Å². The molecule has 0 aliphatic rings. The number of hydrogen-bond acceptors (Lipinski definition) is 5. The second kappa shape index (κ2) is 11.7. The van der Waals surface area contributed by atoms with Gasteiger partial charge in [-0.3, -0.25) is 9.59 Å². The summed E-state index contributed by atoms with van der Waals surface area (Å²) in [6.07, 6.45) is 1.74. The van der Waals surface area contributed by atoms with Crippen LogP contribution in [0.25, 0.3) is 0 Å². The second-order valence-corrected chi connectivity index (χ2v) is 10.2. The van der Waals surface area contributed by atoms with Gasteiger partial charge >= 0.3 is 0 Å². The summed E-state index contributed by atoms with van der Waals surface area (Å²) < 4.78 is 3.00. The lowest BCUT2D eigenvalue weighted by Gasteiger charge is -2.15. The molecule has 1 atom stereocenters. The fourth-order valence-corrected chi connectivity index (χ4v) is 5.18. The highest BCUT2D eigenvalue weighted by atomic mass is 127. The number of aromatic nitrogens is 3. The Morgan fingerprint density at radius 3 is 2.41 bits per heavy atom. The maximum absolute atomic E-state index is 12.6. The van der Waals surface area contributed by atoms with Gasteiger partial charge in [-0.25, -0.2) is 0 Å². The molecule has 0 saturated carbocycles. The van der Waals surface area contributed by atoms with E-state index in [1.807, 2.05) is 56.5 Å². The van der Waals surface area contributed by atoms with Gasteiger partial charge in [0.05, 0.1) is 11.8 Å². The molecule has 0 fully saturated rings. The number of benzene rings is 2. The number of carbonyl (C=O) groups is 2. The molecule has 0 saturated heterocycles. The normalized spacial score (nSPS) is 11.7. The molecule has 0 spiro atoms. The molecule has 0 aliphatic carbocycles. The molecule has 1 heterocycles. The van der Waals surface area contributed by atoms with Gasteiger partial charge in [0.1, 0.15) is 0 Å². The summed E-state index contributed by atoms with van der Waals surface area (Å²) in [6.45, 7) is 12.1. The summed E-state index contributed by atoms with van der Waals surface area (Å²) in [4.78, 5) is 25.3. The van der Waals surface area contributed by atoms with E-state index in [4.69, 9.17) is 0 Å². The van der Waals surface area contributed by atoms with Crippen LogP contribution in [-0.4, -0.2) is 32.3 Å². The smallest absolute Gasteiger partial charge is 0.251 e. The first-order chi connectivity index (χ1) is 16.2. The number of rotatable bonds is 9. The zero-order valence-corrected chi connectivity index (χ0v) is 22.7. The zero-order valence-electron chi connectivity index (χ0n) is 19.7. The summed E-state index contributed by atoms with van der Waals surface area (Å²) in [5.74, 6) is 0.488. The number of anilines is 1. The van der Waals surface area contributed by atoms with E-state index in [-0.39, 0.29) is 23.6 Å². The SMILES string of the molecule is C=CCn1c(SCC(=O)Nc2c(C)cc(I)cc2C)nnc1[C@H](C)NC(=O)c1ccc(C)cc1. The lowest BCUT2D eigenvalue weighted by atomic mass is 10.1. The minimum absolute atomic E-state index is 0.118. The van der Waals surface area contributed by atoms with Crippen molar-refractivity contribution >= 4 is 51.9 Å². The largest absolute Gasteiger partial charge is 0.342 e. The van der Waals surface area contributed by atoms with Gasteiger partial charge in [0.15, 0.2) is 11.0 Å². The van der Waals surface area contributed by atoms with Gasteiger partial charge in [0.2, 0.25) is 5.91 Å². The Balaban J connectivity index is 1.68. The van der Waals surface area contributed by atoms with Crippen LogP contribution in [0.4, 0.5) is 5.69 Å². The predicted octanol–water partition coefficient (Wildman–Crippen LogP) is 5.22. The number of hydrogen-bond donors (Lipinski definition) is 2. The van der Waals surface area contributed by atoms with Crippen LogP contribution in [0.2, 0.25) is 0 Å². The number of aryl methyl sites for hydroxylation is 3. The van der Waals surface area contributed by atoms with Crippen molar-refractivity contribution in [3.63, 3.8) is 0 Å². The van der Waals surface area contributed by atoms with Crippen molar-refractivity contribution in [2.45, 2.75) is 45.4 Å². The number of thioether (sulfide) groups is 1. The van der Waals surface area contributed by atoms with Crippen LogP contribution in [0.5, 0.6) is 0 Å². The molecule has 3 aromatic rings. The van der Waals surface area contributed by atoms with Crippen LogP contribution in [-0.2, 0) is 11.3 Å². The molecule has 9 heteroatoms. The zero-order chi connectivity index (χ0) is 24.8. The van der Waals surface area contributed by atoms with E-state index in [1.165, 1.54) is 11.8 Å². The monoisotopic (exact) mass is 589 g/mol. The molecule has 2 amide bonds. The van der Waals surface area contributed by atoms with Gasteiger partial charge in [0.25, 0.3) is 5.91 Å². The van der Waals surface area contributed by atoms with Crippen molar-refractivity contribution in [3.8, 4) is 0 Å². The Hall–Kier alpha value is -2.66. The first kappa shape index (κ1) is 26.0. The summed E-state index contributed by atoms with van der Waals surface area (Å²) >= 11 is 3.57. The maximum Gasteiger partial charge on any atom is 0.251 e. The molecule has 3 rings (SSSR count). The summed E-state index contributed by atoms with van der Waals surface area (Å²) in [7, 11) is 0. The molecule has 1 aromatic heterocycles. The van der Waals surface area contributed by atoms with Gasteiger partial charge in [-0.2, -0.15) is 0 Å². The minimum atomic E-state index is -0.374. The number of amides is 2. The third-order valence-corrected chi connectivity index (χ3v) is 6.79. The molecule has 0 aliphatic heterocycles. The molecular weight excluding hydrogens is 561 g/mol. The van der Waals surface area contributed by atoms with E-state index in [2.05, 4.69) is 50.0 Å². The number of halogens is 1. The molecular formula is C25H28IN5O2S. The lowest BCUT2D eigenvalue weighted by molar-refractivity contribution is -0.113. The average Bonchev–Trinajstić information content (AvgIpc) is 3.18. The second-order valence-electron chi connectivity index (χ2n) is 8.05. The van der Waals surface area contributed by atoms with Crippen molar-refractivity contribution < 1.29 is 9.59 Å². The van der Waals surface area contributed by atoms with Crippen LogP contribution >= 0.6 is 34.4 Å². The highest BCUT2D eigenvalue weighted by Crippen LogP contribution is 2.25. The predicted molar refractivity (Wildman–Crippen MR) is 145 cm³/mol. The van der Waals surface area contributed by atoms with E-state index >= 15 is 0 Å². The Bertz CT molecular complexity index is 1180. The van der Waals surface area contributed by atoms with Crippen molar-refractivity contribution in [2.24, 2.45) is 0 Å². The summed E-state index contributed by atoms with van der Waals surface area (Å²) in [6, 6.07) is 11.1. The topological polar surface area (TPSA) is 88.9 Å². The standard InChI is InChI=1S/C25H28IN5O2S/c1-6-11-31-23(18(5)27-24(33)19-9-7-15(2)8-10-19)29-30-25(31)34-14-21(32)28-22-16(3)12-20(26)13-17(22)4/h6-10,12-13,18H,1,11,14H2,2-5H3,(H,27,33)(H,28,32)/t18-/m0/s1. The highest BCUT2D eigenvalue weighted by molar-refractivity contribution is 14.1. The molecule has 0 unspecified atom stereocenters.